The number of nitrogens with one attached hydrogen (secondary N) is 3. The number of nitrogens with zero attached hydrogens (tertiary/aromatic N) is 1. The lowest BCUT2D eigenvalue weighted by atomic mass is 10.1. The van der Waals surface area contributed by atoms with Crippen molar-refractivity contribution in [2.75, 3.05) is 39.0 Å². The van der Waals surface area contributed by atoms with Crippen molar-refractivity contribution in [1.29, 1.82) is 0 Å². The van der Waals surface area contributed by atoms with E-state index >= 15 is 0 Å². The highest BCUT2D eigenvalue weighted by Gasteiger charge is 2.14. The summed E-state index contributed by atoms with van der Waals surface area (Å²) < 4.78 is 0. The molecule has 130 valence electrons. The summed E-state index contributed by atoms with van der Waals surface area (Å²) in [5.74, 6) is -0.184. The number of carbonyl (C=O) groups is 2. The molecule has 0 aliphatic carbocycles. The maximum absolute atomic E-state index is 12.3. The molecule has 1 aromatic rings. The summed E-state index contributed by atoms with van der Waals surface area (Å²) in [6.45, 7) is 6.22. The van der Waals surface area contributed by atoms with E-state index in [1.165, 1.54) is 4.90 Å². The lowest BCUT2D eigenvalue weighted by molar-refractivity contribution is 0.0954. The fraction of sp³-hybridized carbons (Fsp3) is 0.500. The number of hydrogen-bond acceptors (Lipinski definition) is 3. The van der Waals surface area contributed by atoms with Crippen molar-refractivity contribution >= 4 is 30.0 Å². The molecular weight excluding hydrogens is 316 g/mol. The van der Waals surface area contributed by atoms with Crippen LogP contribution in [0.5, 0.6) is 0 Å². The molecule has 0 atom stereocenters. The summed E-state index contributed by atoms with van der Waals surface area (Å²) >= 11 is 0. The molecular formula is C16H27ClN4O2. The quantitative estimate of drug-likeness (QED) is 0.665. The number of carbonyl (C=O) groups excluding carboxylic acids is 2. The Morgan fingerprint density at radius 2 is 1.83 bits per heavy atom. The van der Waals surface area contributed by atoms with Crippen LogP contribution >= 0.6 is 12.4 Å². The summed E-state index contributed by atoms with van der Waals surface area (Å²) in [5.41, 5.74) is 1.96. The van der Waals surface area contributed by atoms with Gasteiger partial charge in [-0.1, -0.05) is 18.6 Å². The molecule has 0 aliphatic heterocycles. The van der Waals surface area contributed by atoms with Crippen molar-refractivity contribution in [3.8, 4) is 0 Å². The van der Waals surface area contributed by atoms with E-state index in [4.69, 9.17) is 0 Å². The Morgan fingerprint density at radius 3 is 2.43 bits per heavy atom. The summed E-state index contributed by atoms with van der Waals surface area (Å²) in [7, 11) is 3.31. The molecule has 0 fully saturated rings. The topological polar surface area (TPSA) is 73.5 Å². The third kappa shape index (κ3) is 7.34. The van der Waals surface area contributed by atoms with Gasteiger partial charge in [-0.25, -0.2) is 4.79 Å². The van der Waals surface area contributed by atoms with Crippen LogP contribution < -0.4 is 16.0 Å². The van der Waals surface area contributed by atoms with Gasteiger partial charge in [-0.3, -0.25) is 4.79 Å². The van der Waals surface area contributed by atoms with Gasteiger partial charge in [0.15, 0.2) is 0 Å². The largest absolute Gasteiger partial charge is 0.351 e. The Labute approximate surface area is 144 Å². The summed E-state index contributed by atoms with van der Waals surface area (Å²) in [4.78, 5) is 25.5. The number of anilines is 1. The van der Waals surface area contributed by atoms with Crippen molar-refractivity contribution in [2.24, 2.45) is 0 Å². The average Bonchev–Trinajstić information content (AvgIpc) is 2.48. The van der Waals surface area contributed by atoms with Crippen molar-refractivity contribution in [1.82, 2.24) is 15.5 Å². The molecule has 0 saturated heterocycles. The van der Waals surface area contributed by atoms with E-state index in [1.54, 1.807) is 26.2 Å². The molecule has 0 bridgehead atoms. The van der Waals surface area contributed by atoms with Gasteiger partial charge in [-0.2, -0.15) is 0 Å². The standard InChI is InChI=1S/C16H26N4O2.ClH/c1-5-8-17-9-10-18-15(21)13-11-12(2)6-7-14(13)19-16(22)20(3)4;/h6-7,11,17H,5,8-10H2,1-4H3,(H,18,21)(H,19,22);1H. The lowest BCUT2D eigenvalue weighted by Crippen LogP contribution is -2.33. The Balaban J connectivity index is 0.00000484. The van der Waals surface area contributed by atoms with E-state index in [9.17, 15) is 9.59 Å². The maximum Gasteiger partial charge on any atom is 0.321 e. The van der Waals surface area contributed by atoms with E-state index in [1.807, 2.05) is 13.0 Å². The van der Waals surface area contributed by atoms with Crippen LogP contribution in [0.25, 0.3) is 0 Å². The Bertz CT molecular complexity index is 521. The fourth-order valence-electron chi connectivity index (χ4n) is 1.84. The number of amides is 3. The molecule has 0 heterocycles. The van der Waals surface area contributed by atoms with Gasteiger partial charge < -0.3 is 20.9 Å². The first kappa shape index (κ1) is 21.2. The number of hydrogen-bond donors (Lipinski definition) is 3. The zero-order valence-corrected chi connectivity index (χ0v) is 15.0. The highest BCUT2D eigenvalue weighted by atomic mass is 35.5. The van der Waals surface area contributed by atoms with Crippen LogP contribution in [0.3, 0.4) is 0 Å². The van der Waals surface area contributed by atoms with Crippen LogP contribution in [-0.2, 0) is 0 Å². The van der Waals surface area contributed by atoms with Gasteiger partial charge in [-0.05, 0) is 32.0 Å². The highest BCUT2D eigenvalue weighted by molar-refractivity contribution is 6.03. The predicted molar refractivity (Wildman–Crippen MR) is 96.6 cm³/mol. The van der Waals surface area contributed by atoms with Gasteiger partial charge in [0.1, 0.15) is 0 Å². The summed E-state index contributed by atoms with van der Waals surface area (Å²) in [6, 6.07) is 5.13. The van der Waals surface area contributed by atoms with E-state index < -0.39 is 0 Å². The molecule has 1 rings (SSSR count). The maximum atomic E-state index is 12.3. The Morgan fingerprint density at radius 1 is 1.13 bits per heavy atom. The third-order valence-electron chi connectivity index (χ3n) is 3.08. The first-order valence-electron chi connectivity index (χ1n) is 7.53. The normalized spacial score (nSPS) is 9.74. The smallest absolute Gasteiger partial charge is 0.321 e. The van der Waals surface area contributed by atoms with Gasteiger partial charge in [0, 0.05) is 27.2 Å². The fourth-order valence-corrected chi connectivity index (χ4v) is 1.84. The minimum Gasteiger partial charge on any atom is -0.351 e. The molecule has 7 heteroatoms. The van der Waals surface area contributed by atoms with Crippen LogP contribution in [-0.4, -0.2) is 50.6 Å². The van der Waals surface area contributed by atoms with Crippen molar-refractivity contribution in [2.45, 2.75) is 20.3 Å². The van der Waals surface area contributed by atoms with E-state index in [2.05, 4.69) is 22.9 Å². The molecule has 6 nitrogen and oxygen atoms in total. The van der Waals surface area contributed by atoms with Crippen molar-refractivity contribution < 1.29 is 9.59 Å². The zero-order chi connectivity index (χ0) is 16.5. The minimum absolute atomic E-state index is 0. The highest BCUT2D eigenvalue weighted by Crippen LogP contribution is 2.17. The predicted octanol–water partition coefficient (Wildman–Crippen LogP) is 2.24. The van der Waals surface area contributed by atoms with E-state index in [0.29, 0.717) is 17.8 Å². The van der Waals surface area contributed by atoms with Crippen LogP contribution in [0.2, 0.25) is 0 Å². The van der Waals surface area contributed by atoms with Gasteiger partial charge >= 0.3 is 6.03 Å². The summed E-state index contributed by atoms with van der Waals surface area (Å²) in [6.07, 6.45) is 1.06. The Kier molecular flexibility index (Phi) is 10.0. The second kappa shape index (κ2) is 10.9. The molecule has 3 amide bonds. The number of benzene rings is 1. The number of halogens is 1. The monoisotopic (exact) mass is 342 g/mol. The number of urea groups is 1. The molecule has 0 radical (unpaired) electrons. The Hall–Kier alpha value is -1.79. The second-order valence-corrected chi connectivity index (χ2v) is 5.38. The molecule has 23 heavy (non-hydrogen) atoms. The van der Waals surface area contributed by atoms with Gasteiger partial charge in [0.25, 0.3) is 5.91 Å². The molecule has 1 aromatic carbocycles. The number of rotatable bonds is 7. The average molecular weight is 343 g/mol. The molecule has 0 saturated carbocycles. The molecule has 0 aromatic heterocycles. The van der Waals surface area contributed by atoms with Gasteiger partial charge in [0.2, 0.25) is 0 Å². The zero-order valence-electron chi connectivity index (χ0n) is 14.2. The summed E-state index contributed by atoms with van der Waals surface area (Å²) in [5, 5.41) is 8.82. The van der Waals surface area contributed by atoms with Crippen LogP contribution in [0.15, 0.2) is 18.2 Å². The van der Waals surface area contributed by atoms with Crippen LogP contribution in [0, 0.1) is 6.92 Å². The van der Waals surface area contributed by atoms with Crippen molar-refractivity contribution in [3.63, 3.8) is 0 Å². The van der Waals surface area contributed by atoms with Crippen molar-refractivity contribution in [3.05, 3.63) is 29.3 Å². The molecule has 0 unspecified atom stereocenters. The SMILES string of the molecule is CCCNCCNC(=O)c1cc(C)ccc1NC(=O)N(C)C.Cl. The first-order valence-corrected chi connectivity index (χ1v) is 7.53. The minimum atomic E-state index is -0.262. The molecule has 0 spiro atoms. The van der Waals surface area contributed by atoms with Gasteiger partial charge in [0.05, 0.1) is 11.3 Å². The van der Waals surface area contributed by atoms with E-state index in [0.717, 1.165) is 25.1 Å². The van der Waals surface area contributed by atoms with Gasteiger partial charge in [-0.15, -0.1) is 12.4 Å². The second-order valence-electron chi connectivity index (χ2n) is 5.38. The molecule has 0 aliphatic rings. The lowest BCUT2D eigenvalue weighted by Gasteiger charge is -2.15. The van der Waals surface area contributed by atoms with Crippen LogP contribution in [0.4, 0.5) is 10.5 Å². The first-order chi connectivity index (χ1) is 10.5. The van der Waals surface area contributed by atoms with E-state index in [-0.39, 0.29) is 24.3 Å². The third-order valence-corrected chi connectivity index (χ3v) is 3.08. The number of aryl methyl sites for hydroxylation is 1. The molecule has 3 N–H and O–H groups in total. The van der Waals surface area contributed by atoms with Crippen LogP contribution in [0.1, 0.15) is 29.3 Å².